The van der Waals surface area contributed by atoms with Crippen LogP contribution in [-0.2, 0) is 4.74 Å². The van der Waals surface area contributed by atoms with Crippen molar-refractivity contribution in [1.29, 1.82) is 0 Å². The highest BCUT2D eigenvalue weighted by Gasteiger charge is 2.22. The lowest BCUT2D eigenvalue weighted by atomic mass is 9.86. The van der Waals surface area contributed by atoms with Crippen molar-refractivity contribution in [3.8, 4) is 0 Å². The van der Waals surface area contributed by atoms with Gasteiger partial charge in [0.25, 0.3) is 0 Å². The molecule has 2 rings (SSSR count). The zero-order chi connectivity index (χ0) is 7.68. The number of allylic oxidation sites excluding steroid dienone is 2. The van der Waals surface area contributed by atoms with Gasteiger partial charge in [-0.25, -0.2) is 0 Å². The van der Waals surface area contributed by atoms with E-state index in [0.717, 1.165) is 12.5 Å². The van der Waals surface area contributed by atoms with Crippen LogP contribution in [0.15, 0.2) is 11.3 Å². The first kappa shape index (κ1) is 7.20. The molecule has 0 fully saturated rings. The lowest BCUT2D eigenvalue weighted by Crippen LogP contribution is -2.17. The second kappa shape index (κ2) is 2.88. The van der Waals surface area contributed by atoms with Crippen LogP contribution in [0.25, 0.3) is 0 Å². The summed E-state index contributed by atoms with van der Waals surface area (Å²) in [6.45, 7) is 3.29. The minimum Gasteiger partial charge on any atom is -0.498 e. The first-order chi connectivity index (χ1) is 5.38. The SMILES string of the molecule is CC1CCOC2=C1CCCC2. The maximum Gasteiger partial charge on any atom is 0.0954 e. The van der Waals surface area contributed by atoms with E-state index in [4.69, 9.17) is 4.74 Å². The third-order valence-electron chi connectivity index (χ3n) is 2.88. The van der Waals surface area contributed by atoms with Crippen molar-refractivity contribution in [3.63, 3.8) is 0 Å². The van der Waals surface area contributed by atoms with Crippen LogP contribution in [0.4, 0.5) is 0 Å². The zero-order valence-electron chi connectivity index (χ0n) is 7.23. The number of rotatable bonds is 0. The van der Waals surface area contributed by atoms with Gasteiger partial charge in [-0.15, -0.1) is 0 Å². The van der Waals surface area contributed by atoms with Gasteiger partial charge in [0.1, 0.15) is 0 Å². The molecule has 1 aliphatic carbocycles. The fourth-order valence-corrected chi connectivity index (χ4v) is 2.12. The van der Waals surface area contributed by atoms with Gasteiger partial charge in [-0.2, -0.15) is 0 Å². The molecule has 62 valence electrons. The summed E-state index contributed by atoms with van der Waals surface area (Å²) in [5.41, 5.74) is 1.63. The molecule has 0 aromatic carbocycles. The highest BCUT2D eigenvalue weighted by atomic mass is 16.5. The Morgan fingerprint density at radius 2 is 2.09 bits per heavy atom. The van der Waals surface area contributed by atoms with Crippen LogP contribution < -0.4 is 0 Å². The first-order valence-corrected chi connectivity index (χ1v) is 4.72. The fourth-order valence-electron chi connectivity index (χ4n) is 2.12. The van der Waals surface area contributed by atoms with Crippen LogP contribution in [0, 0.1) is 5.92 Å². The molecular formula is C10H16O. The van der Waals surface area contributed by atoms with E-state index in [9.17, 15) is 0 Å². The molecule has 0 saturated carbocycles. The second-order valence-corrected chi connectivity index (χ2v) is 3.69. The van der Waals surface area contributed by atoms with E-state index >= 15 is 0 Å². The monoisotopic (exact) mass is 152 g/mol. The Kier molecular flexibility index (Phi) is 1.89. The summed E-state index contributed by atoms with van der Waals surface area (Å²) < 4.78 is 5.63. The molecule has 1 aliphatic heterocycles. The molecule has 1 nitrogen and oxygen atoms in total. The molecule has 0 saturated heterocycles. The zero-order valence-corrected chi connectivity index (χ0v) is 7.23. The Hall–Kier alpha value is -0.460. The molecule has 0 N–H and O–H groups in total. The molecule has 0 amide bonds. The van der Waals surface area contributed by atoms with Crippen LogP contribution in [0.5, 0.6) is 0 Å². The van der Waals surface area contributed by atoms with Gasteiger partial charge in [-0.3, -0.25) is 0 Å². The lowest BCUT2D eigenvalue weighted by molar-refractivity contribution is 0.149. The summed E-state index contributed by atoms with van der Waals surface area (Å²) in [5.74, 6) is 2.15. The van der Waals surface area contributed by atoms with Crippen molar-refractivity contribution in [2.45, 2.75) is 39.0 Å². The standard InChI is InChI=1S/C10H16O/c1-8-6-7-11-10-5-3-2-4-9(8)10/h8H,2-7H2,1H3. The lowest BCUT2D eigenvalue weighted by Gasteiger charge is -2.29. The quantitative estimate of drug-likeness (QED) is 0.518. The molecule has 0 spiro atoms. The molecule has 0 bridgehead atoms. The summed E-state index contributed by atoms with van der Waals surface area (Å²) in [5, 5.41) is 0. The Balaban J connectivity index is 2.21. The minimum atomic E-state index is 0.805. The average molecular weight is 152 g/mol. The Morgan fingerprint density at radius 3 is 2.91 bits per heavy atom. The van der Waals surface area contributed by atoms with Crippen molar-refractivity contribution >= 4 is 0 Å². The van der Waals surface area contributed by atoms with E-state index in [1.54, 1.807) is 5.57 Å². The van der Waals surface area contributed by atoms with E-state index < -0.39 is 0 Å². The van der Waals surface area contributed by atoms with Gasteiger partial charge in [0.05, 0.1) is 12.4 Å². The van der Waals surface area contributed by atoms with Crippen molar-refractivity contribution in [2.75, 3.05) is 6.61 Å². The number of hydrogen-bond acceptors (Lipinski definition) is 1. The smallest absolute Gasteiger partial charge is 0.0954 e. The molecular weight excluding hydrogens is 136 g/mol. The van der Waals surface area contributed by atoms with Gasteiger partial charge >= 0.3 is 0 Å². The number of hydrogen-bond donors (Lipinski definition) is 0. The molecule has 1 unspecified atom stereocenters. The Morgan fingerprint density at radius 1 is 1.27 bits per heavy atom. The second-order valence-electron chi connectivity index (χ2n) is 3.69. The van der Waals surface area contributed by atoms with Crippen LogP contribution in [0.3, 0.4) is 0 Å². The first-order valence-electron chi connectivity index (χ1n) is 4.72. The number of ether oxygens (including phenoxy) is 1. The van der Waals surface area contributed by atoms with Crippen molar-refractivity contribution in [3.05, 3.63) is 11.3 Å². The molecule has 1 heteroatoms. The van der Waals surface area contributed by atoms with Gasteiger partial charge in [0.2, 0.25) is 0 Å². The predicted molar refractivity (Wildman–Crippen MR) is 45.2 cm³/mol. The highest BCUT2D eigenvalue weighted by Crippen LogP contribution is 2.35. The van der Waals surface area contributed by atoms with Crippen LogP contribution in [0.2, 0.25) is 0 Å². The highest BCUT2D eigenvalue weighted by molar-refractivity contribution is 5.16. The third kappa shape index (κ3) is 1.29. The summed E-state index contributed by atoms with van der Waals surface area (Å²) in [6, 6.07) is 0. The normalized spacial score (nSPS) is 31.2. The van der Waals surface area contributed by atoms with Gasteiger partial charge in [-0.1, -0.05) is 6.92 Å². The van der Waals surface area contributed by atoms with Gasteiger partial charge in [-0.05, 0) is 37.2 Å². The minimum absolute atomic E-state index is 0.805. The van der Waals surface area contributed by atoms with E-state index in [2.05, 4.69) is 6.92 Å². The maximum absolute atomic E-state index is 5.63. The van der Waals surface area contributed by atoms with Crippen molar-refractivity contribution < 1.29 is 4.74 Å². The summed E-state index contributed by atoms with van der Waals surface area (Å²) in [7, 11) is 0. The Bertz CT molecular complexity index is 177. The molecule has 1 atom stereocenters. The molecule has 11 heavy (non-hydrogen) atoms. The molecule has 0 radical (unpaired) electrons. The third-order valence-corrected chi connectivity index (χ3v) is 2.88. The van der Waals surface area contributed by atoms with E-state index in [1.165, 1.54) is 37.9 Å². The van der Waals surface area contributed by atoms with Crippen LogP contribution >= 0.6 is 0 Å². The molecule has 1 heterocycles. The fraction of sp³-hybridized carbons (Fsp3) is 0.800. The van der Waals surface area contributed by atoms with Gasteiger partial charge < -0.3 is 4.74 Å². The summed E-state index contributed by atoms with van der Waals surface area (Å²) in [6.07, 6.45) is 6.47. The molecule has 0 aromatic rings. The molecule has 0 aromatic heterocycles. The van der Waals surface area contributed by atoms with E-state index in [0.29, 0.717) is 0 Å². The maximum atomic E-state index is 5.63. The van der Waals surface area contributed by atoms with Crippen molar-refractivity contribution in [2.24, 2.45) is 5.92 Å². The topological polar surface area (TPSA) is 9.23 Å². The predicted octanol–water partition coefficient (Wildman–Crippen LogP) is 2.87. The van der Waals surface area contributed by atoms with Crippen LogP contribution in [-0.4, -0.2) is 6.61 Å². The molecule has 2 aliphatic rings. The van der Waals surface area contributed by atoms with Gasteiger partial charge in [0, 0.05) is 6.42 Å². The van der Waals surface area contributed by atoms with E-state index in [-0.39, 0.29) is 0 Å². The summed E-state index contributed by atoms with van der Waals surface area (Å²) in [4.78, 5) is 0. The average Bonchev–Trinajstić information content (AvgIpc) is 2.06. The largest absolute Gasteiger partial charge is 0.498 e. The van der Waals surface area contributed by atoms with Gasteiger partial charge in [0.15, 0.2) is 0 Å². The van der Waals surface area contributed by atoms with Crippen molar-refractivity contribution in [1.82, 2.24) is 0 Å². The van der Waals surface area contributed by atoms with Crippen LogP contribution in [0.1, 0.15) is 39.0 Å². The summed E-state index contributed by atoms with van der Waals surface area (Å²) >= 11 is 0. The van der Waals surface area contributed by atoms with E-state index in [1.807, 2.05) is 0 Å². The Labute approximate surface area is 68.4 Å².